The number of rotatable bonds is 49. The van der Waals surface area contributed by atoms with Crippen molar-refractivity contribution in [2.75, 3.05) is 13.2 Å². The molecule has 0 heterocycles. The van der Waals surface area contributed by atoms with Gasteiger partial charge in [-0.25, -0.2) is 0 Å². The molecule has 0 saturated carbocycles. The van der Waals surface area contributed by atoms with Crippen molar-refractivity contribution in [3.05, 3.63) is 97.2 Å². The fourth-order valence-corrected chi connectivity index (χ4v) is 7.57. The molecule has 0 N–H and O–H groups in total. The molecule has 0 spiro atoms. The highest BCUT2D eigenvalue weighted by Crippen LogP contribution is 2.15. The van der Waals surface area contributed by atoms with Crippen molar-refractivity contribution < 1.29 is 28.6 Å². The summed E-state index contributed by atoms with van der Waals surface area (Å²) in [6.07, 6.45) is 72.5. The van der Waals surface area contributed by atoms with Gasteiger partial charge in [0, 0.05) is 19.3 Å². The van der Waals surface area contributed by atoms with Crippen LogP contribution in [0.4, 0.5) is 0 Å². The van der Waals surface area contributed by atoms with Gasteiger partial charge in [0.2, 0.25) is 0 Å². The third kappa shape index (κ3) is 53.2. The molecule has 0 aliphatic heterocycles. The second-order valence-corrected chi connectivity index (χ2v) is 18.2. The Morgan fingerprint density at radius 3 is 0.955 bits per heavy atom. The van der Waals surface area contributed by atoms with Crippen LogP contribution in [0.3, 0.4) is 0 Å². The number of carbonyl (C=O) groups excluding carboxylic acids is 3. The van der Waals surface area contributed by atoms with Crippen LogP contribution in [0.2, 0.25) is 0 Å². The minimum atomic E-state index is -0.798. The molecule has 0 radical (unpaired) electrons. The summed E-state index contributed by atoms with van der Waals surface area (Å²) in [5.41, 5.74) is 0. The third-order valence-corrected chi connectivity index (χ3v) is 11.7. The summed E-state index contributed by atoms with van der Waals surface area (Å²) >= 11 is 0. The summed E-state index contributed by atoms with van der Waals surface area (Å²) in [5.74, 6) is -0.933. The molecule has 0 fully saturated rings. The monoisotopic (exact) mass is 931 g/mol. The zero-order valence-corrected chi connectivity index (χ0v) is 43.6. The number of esters is 3. The lowest BCUT2D eigenvalue weighted by molar-refractivity contribution is -0.167. The van der Waals surface area contributed by atoms with Gasteiger partial charge in [-0.1, -0.05) is 246 Å². The zero-order valence-electron chi connectivity index (χ0n) is 43.6. The number of hydrogen-bond donors (Lipinski definition) is 0. The Bertz CT molecular complexity index is 1350. The maximum Gasteiger partial charge on any atom is 0.306 e. The maximum absolute atomic E-state index is 12.8. The number of allylic oxidation sites excluding steroid dienone is 16. The molecule has 0 bridgehead atoms. The highest BCUT2D eigenvalue weighted by Gasteiger charge is 2.19. The van der Waals surface area contributed by atoms with E-state index in [1.54, 1.807) is 0 Å². The molecule has 6 nitrogen and oxygen atoms in total. The van der Waals surface area contributed by atoms with Crippen LogP contribution in [-0.2, 0) is 28.6 Å². The SMILES string of the molecule is CC\C=C/C=C\C=C/C=C\CCCCCCCC(=O)OC(COC(=O)CCCCCCCCC\C=C/C=C\C=C/CC)COC(=O)CCCCCCCCC/C=C\CCCCCCCCCC. The second kappa shape index (κ2) is 54.9. The number of carbonyl (C=O) groups is 3. The van der Waals surface area contributed by atoms with Gasteiger partial charge in [0.05, 0.1) is 0 Å². The topological polar surface area (TPSA) is 78.9 Å². The van der Waals surface area contributed by atoms with Gasteiger partial charge in [-0.05, 0) is 83.5 Å². The predicted molar refractivity (Wildman–Crippen MR) is 288 cm³/mol. The summed E-state index contributed by atoms with van der Waals surface area (Å²) in [7, 11) is 0. The van der Waals surface area contributed by atoms with E-state index < -0.39 is 6.10 Å². The summed E-state index contributed by atoms with van der Waals surface area (Å²) in [6, 6.07) is 0. The van der Waals surface area contributed by atoms with E-state index in [-0.39, 0.29) is 31.1 Å². The average Bonchev–Trinajstić information content (AvgIpc) is 3.33. The fraction of sp³-hybridized carbons (Fsp3) is 0.689. The zero-order chi connectivity index (χ0) is 48.6. The number of unbranched alkanes of at least 4 members (excludes halogenated alkanes) is 27. The van der Waals surface area contributed by atoms with Crippen molar-refractivity contribution in [1.29, 1.82) is 0 Å². The van der Waals surface area contributed by atoms with E-state index in [1.165, 1.54) is 116 Å². The van der Waals surface area contributed by atoms with Gasteiger partial charge in [-0.3, -0.25) is 14.4 Å². The van der Waals surface area contributed by atoms with Crippen molar-refractivity contribution in [2.45, 2.75) is 258 Å². The number of ether oxygens (including phenoxy) is 3. The van der Waals surface area contributed by atoms with Crippen LogP contribution >= 0.6 is 0 Å². The Labute approximate surface area is 413 Å². The Hall–Kier alpha value is -3.67. The van der Waals surface area contributed by atoms with Gasteiger partial charge in [0.15, 0.2) is 6.10 Å². The van der Waals surface area contributed by atoms with Crippen LogP contribution < -0.4 is 0 Å². The Morgan fingerprint density at radius 2 is 0.597 bits per heavy atom. The molecule has 0 amide bonds. The van der Waals surface area contributed by atoms with E-state index >= 15 is 0 Å². The molecule has 0 aromatic heterocycles. The normalized spacial score (nSPS) is 12.8. The molecule has 1 atom stereocenters. The summed E-state index contributed by atoms with van der Waals surface area (Å²) in [4.78, 5) is 38.1. The van der Waals surface area contributed by atoms with Crippen molar-refractivity contribution in [3.63, 3.8) is 0 Å². The Balaban J connectivity index is 4.42. The lowest BCUT2D eigenvalue weighted by Crippen LogP contribution is -2.30. The molecule has 0 aliphatic carbocycles. The lowest BCUT2D eigenvalue weighted by Gasteiger charge is -2.18. The molecule has 0 aliphatic rings. The summed E-state index contributed by atoms with van der Waals surface area (Å²) in [6.45, 7) is 6.34. The second-order valence-electron chi connectivity index (χ2n) is 18.2. The third-order valence-electron chi connectivity index (χ3n) is 11.7. The predicted octanol–water partition coefficient (Wildman–Crippen LogP) is 18.5. The van der Waals surface area contributed by atoms with E-state index in [1.807, 2.05) is 18.2 Å². The average molecular weight is 931 g/mol. The minimum absolute atomic E-state index is 0.0941. The molecule has 0 rings (SSSR count). The summed E-state index contributed by atoms with van der Waals surface area (Å²) in [5, 5.41) is 0. The van der Waals surface area contributed by atoms with Gasteiger partial charge < -0.3 is 14.2 Å². The van der Waals surface area contributed by atoms with Crippen molar-refractivity contribution in [2.24, 2.45) is 0 Å². The first-order valence-corrected chi connectivity index (χ1v) is 27.8. The van der Waals surface area contributed by atoms with Crippen LogP contribution in [0, 0.1) is 0 Å². The van der Waals surface area contributed by atoms with E-state index in [0.29, 0.717) is 19.3 Å². The van der Waals surface area contributed by atoms with Crippen LogP contribution in [0.1, 0.15) is 252 Å². The fourth-order valence-electron chi connectivity index (χ4n) is 7.57. The van der Waals surface area contributed by atoms with Crippen LogP contribution in [0.25, 0.3) is 0 Å². The molecular formula is C61H102O6. The highest BCUT2D eigenvalue weighted by molar-refractivity contribution is 5.71. The first-order valence-electron chi connectivity index (χ1n) is 27.8. The smallest absolute Gasteiger partial charge is 0.306 e. The van der Waals surface area contributed by atoms with Crippen LogP contribution in [-0.4, -0.2) is 37.2 Å². The van der Waals surface area contributed by atoms with Gasteiger partial charge in [0.1, 0.15) is 13.2 Å². The first kappa shape index (κ1) is 63.3. The molecule has 6 heteroatoms. The van der Waals surface area contributed by atoms with Gasteiger partial charge in [-0.15, -0.1) is 0 Å². The van der Waals surface area contributed by atoms with E-state index in [2.05, 4.69) is 99.8 Å². The minimum Gasteiger partial charge on any atom is -0.462 e. The first-order chi connectivity index (χ1) is 33.0. The van der Waals surface area contributed by atoms with Gasteiger partial charge in [0.25, 0.3) is 0 Å². The Kier molecular flexibility index (Phi) is 51.9. The van der Waals surface area contributed by atoms with Crippen molar-refractivity contribution in [3.8, 4) is 0 Å². The lowest BCUT2D eigenvalue weighted by atomic mass is 10.1. The van der Waals surface area contributed by atoms with E-state index in [9.17, 15) is 14.4 Å². The summed E-state index contributed by atoms with van der Waals surface area (Å²) < 4.78 is 16.8. The molecule has 0 aromatic rings. The molecule has 67 heavy (non-hydrogen) atoms. The van der Waals surface area contributed by atoms with Gasteiger partial charge >= 0.3 is 17.9 Å². The van der Waals surface area contributed by atoms with Crippen LogP contribution in [0.15, 0.2) is 97.2 Å². The van der Waals surface area contributed by atoms with E-state index in [0.717, 1.165) is 96.3 Å². The molecule has 382 valence electrons. The Morgan fingerprint density at radius 1 is 0.313 bits per heavy atom. The van der Waals surface area contributed by atoms with Gasteiger partial charge in [-0.2, -0.15) is 0 Å². The highest BCUT2D eigenvalue weighted by atomic mass is 16.6. The largest absolute Gasteiger partial charge is 0.462 e. The van der Waals surface area contributed by atoms with Crippen LogP contribution in [0.5, 0.6) is 0 Å². The molecule has 0 aromatic carbocycles. The van der Waals surface area contributed by atoms with E-state index in [4.69, 9.17) is 14.2 Å². The molecule has 0 saturated heterocycles. The molecule has 1 unspecified atom stereocenters. The number of hydrogen-bond acceptors (Lipinski definition) is 6. The van der Waals surface area contributed by atoms with Crippen molar-refractivity contribution in [1.82, 2.24) is 0 Å². The van der Waals surface area contributed by atoms with Crippen molar-refractivity contribution >= 4 is 17.9 Å². The quantitative estimate of drug-likeness (QED) is 0.0199. The maximum atomic E-state index is 12.8. The molecular weight excluding hydrogens is 829 g/mol. The standard InChI is InChI=1S/C61H102O6/c1-4-7-10-13-16-19-22-25-28-29-30-31-34-36-39-42-45-48-51-54-60(63)66-57-58(67-61(64)55-52-49-46-43-40-37-33-27-24-21-18-15-12-9-6-3)56-65-59(62)53-50-47-44-41-38-35-32-26-23-20-17-14-11-8-5-2/h8-9,11-12,14-15,17-18,20-21,23-24,27,29-30,33,58H,4-7,10,13,16,19,22,25-26,28,31-32,34-57H2,1-3H3/b11-8-,12-9-,17-14-,18-15-,23-20-,24-21-,30-29-,33-27-.